The standard InChI is InChI=1S/C27H35N6O9PS/c1-4-39-26(35)20(13-15-44(3,37)38)32-43(36,42-19-8-6-5-7-9-19)40-14-12-22-24(34)18(2)27(16-28,41-22)23-11-10-21-25(29)30-17-31-33(21)23/h5-11,17-18,20,22,24,34H,4,12-15H2,1-3H3,(H,32,36)(H2,29,30,31). The van der Waals surface area contributed by atoms with Gasteiger partial charge in [-0.15, -0.1) is 0 Å². The third-order valence-corrected chi connectivity index (χ3v) is 9.77. The lowest BCUT2D eigenvalue weighted by Gasteiger charge is -2.26. The van der Waals surface area contributed by atoms with Crippen LogP contribution in [0.3, 0.4) is 0 Å². The average molecular weight is 651 g/mol. The van der Waals surface area contributed by atoms with Crippen molar-refractivity contribution in [2.75, 3.05) is 31.0 Å². The molecule has 238 valence electrons. The maximum atomic E-state index is 14.0. The highest BCUT2D eigenvalue weighted by Gasteiger charge is 2.55. The third-order valence-electron chi connectivity index (χ3n) is 7.19. The van der Waals surface area contributed by atoms with Gasteiger partial charge in [-0.2, -0.15) is 15.4 Å². The maximum Gasteiger partial charge on any atom is 0.459 e. The van der Waals surface area contributed by atoms with Crippen molar-refractivity contribution < 1.29 is 41.4 Å². The summed E-state index contributed by atoms with van der Waals surface area (Å²) in [7, 11) is -7.83. The summed E-state index contributed by atoms with van der Waals surface area (Å²) < 4.78 is 61.6. The van der Waals surface area contributed by atoms with Gasteiger partial charge in [-0.1, -0.05) is 25.1 Å². The first-order valence-corrected chi connectivity index (χ1v) is 17.4. The molecule has 15 nitrogen and oxygen atoms in total. The minimum Gasteiger partial charge on any atom is -0.465 e. The number of hydrogen-bond acceptors (Lipinski definition) is 13. The Hall–Kier alpha value is -3.58. The fourth-order valence-electron chi connectivity index (χ4n) is 4.92. The largest absolute Gasteiger partial charge is 0.465 e. The zero-order chi connectivity index (χ0) is 32.1. The number of carbonyl (C=O) groups is 1. The highest BCUT2D eigenvalue weighted by atomic mass is 32.2. The minimum atomic E-state index is -4.36. The summed E-state index contributed by atoms with van der Waals surface area (Å²) in [6, 6.07) is 12.2. The number of sulfone groups is 1. The molecule has 1 fully saturated rings. The molecule has 6 unspecified atom stereocenters. The van der Waals surface area contributed by atoms with Crippen LogP contribution in [0.2, 0.25) is 0 Å². The molecule has 1 aliphatic rings. The second kappa shape index (κ2) is 13.6. The molecule has 17 heteroatoms. The summed E-state index contributed by atoms with van der Waals surface area (Å²) in [5.41, 5.74) is 5.15. The minimum absolute atomic E-state index is 0.00586. The molecule has 1 aliphatic heterocycles. The first-order chi connectivity index (χ1) is 20.8. The molecule has 3 aromatic rings. The van der Waals surface area contributed by atoms with Crippen LogP contribution in [0.5, 0.6) is 5.75 Å². The Morgan fingerprint density at radius 2 is 2.05 bits per heavy atom. The molecule has 0 amide bonds. The van der Waals surface area contributed by atoms with Crippen LogP contribution in [0.15, 0.2) is 48.8 Å². The van der Waals surface area contributed by atoms with E-state index in [0.29, 0.717) is 11.2 Å². The van der Waals surface area contributed by atoms with E-state index >= 15 is 0 Å². The Bertz CT molecular complexity index is 1660. The number of para-hydroxylation sites is 1. The number of aromatic nitrogens is 3. The van der Waals surface area contributed by atoms with Gasteiger partial charge in [-0.3, -0.25) is 9.32 Å². The number of nitrogen functional groups attached to an aromatic ring is 1. The van der Waals surface area contributed by atoms with E-state index in [1.165, 1.54) is 23.0 Å². The summed E-state index contributed by atoms with van der Waals surface area (Å²) >= 11 is 0. The molecule has 1 saturated heterocycles. The summed E-state index contributed by atoms with van der Waals surface area (Å²) in [6.07, 6.45) is -0.103. The van der Waals surface area contributed by atoms with Crippen LogP contribution < -0.4 is 15.3 Å². The molecule has 6 atom stereocenters. The number of anilines is 1. The number of rotatable bonds is 14. The predicted molar refractivity (Wildman–Crippen MR) is 158 cm³/mol. The van der Waals surface area contributed by atoms with Crippen LogP contribution in [0, 0.1) is 17.2 Å². The Kier molecular flexibility index (Phi) is 10.3. The van der Waals surface area contributed by atoms with E-state index in [1.807, 2.05) is 0 Å². The van der Waals surface area contributed by atoms with Gasteiger partial charge in [0.1, 0.15) is 39.5 Å². The first kappa shape index (κ1) is 33.3. The number of nitrogens with two attached hydrogens (primary N) is 1. The molecule has 0 bridgehead atoms. The number of carbonyl (C=O) groups excluding carboxylic acids is 1. The van der Waals surface area contributed by atoms with Gasteiger partial charge in [-0.05, 0) is 37.6 Å². The van der Waals surface area contributed by atoms with E-state index in [2.05, 4.69) is 21.2 Å². The molecule has 0 spiro atoms. The molecule has 4 rings (SSSR count). The van der Waals surface area contributed by atoms with Gasteiger partial charge >= 0.3 is 13.7 Å². The SMILES string of the molecule is CCOC(=O)C(CCS(C)(=O)=O)NP(=O)(OCCC1OC(C#N)(c2ccc3c(N)ncnn23)C(C)C1O)Oc1ccccc1. The lowest BCUT2D eigenvalue weighted by Crippen LogP contribution is -2.39. The number of nitriles is 1. The first-order valence-electron chi connectivity index (χ1n) is 13.8. The van der Waals surface area contributed by atoms with Crippen LogP contribution in [0.25, 0.3) is 5.52 Å². The molecule has 0 radical (unpaired) electrons. The lowest BCUT2D eigenvalue weighted by molar-refractivity contribution is -0.145. The zero-order valence-corrected chi connectivity index (χ0v) is 26.1. The third kappa shape index (κ3) is 7.37. The maximum absolute atomic E-state index is 14.0. The van der Waals surface area contributed by atoms with Crippen molar-refractivity contribution in [1.29, 1.82) is 5.26 Å². The average Bonchev–Trinajstić information content (AvgIpc) is 3.52. The quantitative estimate of drug-likeness (QED) is 0.168. The lowest BCUT2D eigenvalue weighted by atomic mass is 9.84. The molecular weight excluding hydrogens is 615 g/mol. The smallest absolute Gasteiger partial charge is 0.459 e. The Morgan fingerprint density at radius 1 is 1.32 bits per heavy atom. The fourth-order valence-corrected chi connectivity index (χ4v) is 7.13. The van der Waals surface area contributed by atoms with Gasteiger partial charge in [0, 0.05) is 18.6 Å². The number of nitrogens with one attached hydrogen (secondary N) is 1. The number of aliphatic hydroxyl groups is 1. The number of ether oxygens (including phenoxy) is 2. The topological polar surface area (TPSA) is 217 Å². The van der Waals surface area contributed by atoms with Crippen molar-refractivity contribution >= 4 is 34.9 Å². The number of aliphatic hydroxyl groups excluding tert-OH is 1. The van der Waals surface area contributed by atoms with Gasteiger partial charge in [0.2, 0.25) is 5.60 Å². The van der Waals surface area contributed by atoms with Crippen LogP contribution in [-0.2, 0) is 38.8 Å². The number of nitrogens with zero attached hydrogens (tertiary/aromatic N) is 4. The summed E-state index contributed by atoms with van der Waals surface area (Å²) in [6.45, 7) is 2.94. The molecule has 4 N–H and O–H groups in total. The molecular formula is C27H35N6O9PS. The predicted octanol–water partition coefficient (Wildman–Crippen LogP) is 1.98. The number of fused-ring (bicyclic) bond motifs is 1. The summed E-state index contributed by atoms with van der Waals surface area (Å²) in [4.78, 5) is 16.6. The van der Waals surface area contributed by atoms with Crippen molar-refractivity contribution in [2.24, 2.45) is 5.92 Å². The van der Waals surface area contributed by atoms with E-state index in [-0.39, 0.29) is 37.6 Å². The van der Waals surface area contributed by atoms with Crippen molar-refractivity contribution in [2.45, 2.75) is 50.5 Å². The Morgan fingerprint density at radius 3 is 2.70 bits per heavy atom. The molecule has 3 heterocycles. The summed E-state index contributed by atoms with van der Waals surface area (Å²) in [5.74, 6) is -1.58. The second-order valence-electron chi connectivity index (χ2n) is 10.3. The second-order valence-corrected chi connectivity index (χ2v) is 14.3. The Labute approximate surface area is 254 Å². The van der Waals surface area contributed by atoms with E-state index in [9.17, 15) is 28.1 Å². The number of esters is 1. The Balaban J connectivity index is 1.54. The monoisotopic (exact) mass is 650 g/mol. The van der Waals surface area contributed by atoms with E-state index in [0.717, 1.165) is 6.26 Å². The van der Waals surface area contributed by atoms with Gasteiger partial charge in [0.05, 0.1) is 36.9 Å². The van der Waals surface area contributed by atoms with Crippen LogP contribution in [0.4, 0.5) is 5.82 Å². The number of benzene rings is 1. The van der Waals surface area contributed by atoms with Gasteiger partial charge in [0.25, 0.3) is 0 Å². The molecule has 44 heavy (non-hydrogen) atoms. The molecule has 0 aliphatic carbocycles. The van der Waals surface area contributed by atoms with E-state index in [4.69, 9.17) is 24.3 Å². The summed E-state index contributed by atoms with van der Waals surface area (Å²) in [5, 5.41) is 28.1. The van der Waals surface area contributed by atoms with E-state index < -0.39 is 59.1 Å². The van der Waals surface area contributed by atoms with Crippen molar-refractivity contribution in [3.05, 3.63) is 54.5 Å². The number of hydrogen-bond donors (Lipinski definition) is 3. The van der Waals surface area contributed by atoms with Crippen molar-refractivity contribution in [3.63, 3.8) is 0 Å². The van der Waals surface area contributed by atoms with Crippen molar-refractivity contribution in [3.8, 4) is 11.8 Å². The van der Waals surface area contributed by atoms with Crippen molar-refractivity contribution in [1.82, 2.24) is 19.7 Å². The van der Waals surface area contributed by atoms with Gasteiger partial charge in [-0.25, -0.2) is 22.5 Å². The van der Waals surface area contributed by atoms with Gasteiger partial charge < -0.3 is 24.8 Å². The molecule has 1 aromatic carbocycles. The highest BCUT2D eigenvalue weighted by molar-refractivity contribution is 7.90. The van der Waals surface area contributed by atoms with Gasteiger partial charge in [0.15, 0.2) is 5.82 Å². The van der Waals surface area contributed by atoms with E-state index in [1.54, 1.807) is 44.2 Å². The molecule has 2 aromatic heterocycles. The fraction of sp³-hybridized carbons (Fsp3) is 0.481. The molecule has 0 saturated carbocycles. The normalized spacial score (nSPS) is 23.9. The van der Waals surface area contributed by atoms with Crippen LogP contribution >= 0.6 is 7.75 Å². The highest BCUT2D eigenvalue weighted by Crippen LogP contribution is 2.48. The van der Waals surface area contributed by atoms with Crippen LogP contribution in [0.1, 0.15) is 32.4 Å². The van der Waals surface area contributed by atoms with Crippen LogP contribution in [-0.4, -0.2) is 77.6 Å². The zero-order valence-electron chi connectivity index (χ0n) is 24.4.